The molecular weight excluding hydrogens is 138 g/mol. The van der Waals surface area contributed by atoms with E-state index in [0.29, 0.717) is 5.76 Å². The fraction of sp³-hybridized carbons (Fsp3) is 0.667. The number of nitrogens with zero attached hydrogens (tertiary/aromatic N) is 1. The molecule has 11 heavy (non-hydrogen) atoms. The molecule has 0 atom stereocenters. The Kier molecular flexibility index (Phi) is 3.86. The minimum absolute atomic E-state index is 0.165. The molecule has 0 aromatic rings. The van der Waals surface area contributed by atoms with Crippen molar-refractivity contribution in [3.63, 3.8) is 0 Å². The summed E-state index contributed by atoms with van der Waals surface area (Å²) in [6.45, 7) is 9.54. The second kappa shape index (κ2) is 4.16. The van der Waals surface area contributed by atoms with Gasteiger partial charge in [0.15, 0.2) is 0 Å². The van der Waals surface area contributed by atoms with E-state index in [1.54, 1.807) is 0 Å². The Hall–Kier alpha value is -0.790. The number of hydrogen-bond donors (Lipinski definition) is 1. The maximum absolute atomic E-state index is 9.42. The number of aliphatic hydroxyl groups excluding tert-OH is 1. The maximum atomic E-state index is 9.42. The van der Waals surface area contributed by atoms with Crippen LogP contribution in [-0.2, 0) is 0 Å². The zero-order chi connectivity index (χ0) is 9.02. The van der Waals surface area contributed by atoms with Crippen LogP contribution in [0.15, 0.2) is 16.4 Å². The summed E-state index contributed by atoms with van der Waals surface area (Å²) in [6.07, 6.45) is 0. The summed E-state index contributed by atoms with van der Waals surface area (Å²) < 4.78 is 0. The van der Waals surface area contributed by atoms with Crippen LogP contribution in [0.25, 0.3) is 0 Å². The van der Waals surface area contributed by atoms with E-state index in [9.17, 15) is 5.11 Å². The van der Waals surface area contributed by atoms with Crippen molar-refractivity contribution >= 4 is 5.71 Å². The second-order valence-electron chi connectivity index (χ2n) is 3.18. The number of allylic oxidation sites excluding steroid dienone is 2. The number of rotatable bonds is 2. The third-order valence-electron chi connectivity index (χ3n) is 1.31. The Morgan fingerprint density at radius 1 is 1.18 bits per heavy atom. The largest absolute Gasteiger partial charge is 0.510 e. The van der Waals surface area contributed by atoms with E-state index in [0.717, 1.165) is 11.4 Å². The van der Waals surface area contributed by atoms with E-state index in [-0.39, 0.29) is 5.92 Å². The molecular formula is C9H17NO. The van der Waals surface area contributed by atoms with Gasteiger partial charge < -0.3 is 5.11 Å². The molecule has 0 heterocycles. The lowest BCUT2D eigenvalue weighted by Crippen LogP contribution is -1.96. The fourth-order valence-electron chi connectivity index (χ4n) is 0.810. The molecule has 0 aromatic heterocycles. The smallest absolute Gasteiger partial charge is 0.116 e. The van der Waals surface area contributed by atoms with Crippen LogP contribution >= 0.6 is 0 Å². The molecule has 2 nitrogen and oxygen atoms in total. The molecule has 0 fully saturated rings. The third-order valence-corrected chi connectivity index (χ3v) is 1.31. The molecule has 0 aliphatic heterocycles. The van der Waals surface area contributed by atoms with Crippen LogP contribution in [0, 0.1) is 5.92 Å². The van der Waals surface area contributed by atoms with E-state index in [1.165, 1.54) is 0 Å². The van der Waals surface area contributed by atoms with Gasteiger partial charge in [-0.3, -0.25) is 4.99 Å². The molecule has 0 saturated carbocycles. The van der Waals surface area contributed by atoms with Crippen molar-refractivity contribution in [1.29, 1.82) is 0 Å². The molecule has 0 aliphatic carbocycles. The topological polar surface area (TPSA) is 32.6 Å². The number of aliphatic hydroxyl groups is 1. The summed E-state index contributed by atoms with van der Waals surface area (Å²) in [5, 5.41) is 9.42. The highest BCUT2D eigenvalue weighted by atomic mass is 16.3. The molecule has 2 heteroatoms. The number of aliphatic imine (C=N–C) groups is 1. The van der Waals surface area contributed by atoms with Crippen LogP contribution in [0.2, 0.25) is 0 Å². The van der Waals surface area contributed by atoms with Crippen LogP contribution in [0.4, 0.5) is 0 Å². The van der Waals surface area contributed by atoms with E-state index < -0.39 is 0 Å². The summed E-state index contributed by atoms with van der Waals surface area (Å²) in [4.78, 5) is 4.14. The third kappa shape index (κ3) is 3.81. The van der Waals surface area contributed by atoms with Gasteiger partial charge >= 0.3 is 0 Å². The minimum atomic E-state index is 0.165. The number of hydrogen-bond acceptors (Lipinski definition) is 2. The Bertz CT molecular complexity index is 186. The SMILES string of the molecule is CC(C)=N/C(C)=C(\O)C(C)C. The lowest BCUT2D eigenvalue weighted by Gasteiger charge is -2.05. The van der Waals surface area contributed by atoms with Crippen LogP contribution in [-0.4, -0.2) is 10.8 Å². The van der Waals surface area contributed by atoms with Gasteiger partial charge in [-0.25, -0.2) is 0 Å². The lowest BCUT2D eigenvalue weighted by atomic mass is 10.1. The van der Waals surface area contributed by atoms with Crippen LogP contribution in [0.1, 0.15) is 34.6 Å². The lowest BCUT2D eigenvalue weighted by molar-refractivity contribution is 0.344. The zero-order valence-electron chi connectivity index (χ0n) is 7.97. The Morgan fingerprint density at radius 2 is 1.64 bits per heavy atom. The first kappa shape index (κ1) is 10.2. The minimum Gasteiger partial charge on any atom is -0.510 e. The van der Waals surface area contributed by atoms with Crippen LogP contribution in [0.5, 0.6) is 0 Å². The molecule has 0 saturated heterocycles. The van der Waals surface area contributed by atoms with E-state index in [1.807, 2.05) is 34.6 Å². The van der Waals surface area contributed by atoms with Gasteiger partial charge in [0.05, 0.1) is 5.70 Å². The van der Waals surface area contributed by atoms with Gasteiger partial charge in [-0.05, 0) is 20.8 Å². The normalized spacial score (nSPS) is 12.9. The molecule has 0 rings (SSSR count). The molecule has 0 spiro atoms. The first-order valence-corrected chi connectivity index (χ1v) is 3.86. The van der Waals surface area contributed by atoms with Crippen LogP contribution < -0.4 is 0 Å². The predicted octanol–water partition coefficient (Wildman–Crippen LogP) is 2.91. The molecule has 64 valence electrons. The van der Waals surface area contributed by atoms with Crippen molar-refractivity contribution in [3.05, 3.63) is 11.5 Å². The summed E-state index contributed by atoms with van der Waals surface area (Å²) >= 11 is 0. The van der Waals surface area contributed by atoms with Gasteiger partial charge in [0, 0.05) is 11.6 Å². The molecule has 1 N–H and O–H groups in total. The van der Waals surface area contributed by atoms with Gasteiger partial charge in [-0.2, -0.15) is 0 Å². The summed E-state index contributed by atoms with van der Waals surface area (Å²) in [5.41, 5.74) is 1.69. The van der Waals surface area contributed by atoms with Gasteiger partial charge in [0.2, 0.25) is 0 Å². The van der Waals surface area contributed by atoms with Crippen molar-refractivity contribution in [1.82, 2.24) is 0 Å². The predicted molar refractivity (Wildman–Crippen MR) is 48.9 cm³/mol. The highest BCUT2D eigenvalue weighted by molar-refractivity contribution is 5.80. The fourth-order valence-corrected chi connectivity index (χ4v) is 0.810. The van der Waals surface area contributed by atoms with Crippen molar-refractivity contribution in [3.8, 4) is 0 Å². The van der Waals surface area contributed by atoms with Crippen molar-refractivity contribution in [2.75, 3.05) is 0 Å². The van der Waals surface area contributed by atoms with Crippen molar-refractivity contribution in [2.24, 2.45) is 10.9 Å². The Labute approximate surface area is 68.7 Å². The molecule has 0 aliphatic rings. The standard InChI is InChI=1S/C9H17NO/c1-6(2)9(11)8(5)10-7(3)4/h6,11H,1-5H3/b9-8-. The van der Waals surface area contributed by atoms with Crippen molar-refractivity contribution < 1.29 is 5.11 Å². The average Bonchev–Trinajstić information content (AvgIpc) is 1.84. The quantitative estimate of drug-likeness (QED) is 0.482. The highest BCUT2D eigenvalue weighted by Crippen LogP contribution is 2.11. The van der Waals surface area contributed by atoms with Gasteiger partial charge in [-0.15, -0.1) is 0 Å². The van der Waals surface area contributed by atoms with Gasteiger partial charge in [-0.1, -0.05) is 13.8 Å². The summed E-state index contributed by atoms with van der Waals surface area (Å²) in [5.74, 6) is 0.546. The average molecular weight is 155 g/mol. The Morgan fingerprint density at radius 3 is 1.91 bits per heavy atom. The maximum Gasteiger partial charge on any atom is 0.116 e. The Balaban J connectivity index is 4.54. The van der Waals surface area contributed by atoms with Crippen LogP contribution in [0.3, 0.4) is 0 Å². The first-order valence-electron chi connectivity index (χ1n) is 3.86. The van der Waals surface area contributed by atoms with Crippen molar-refractivity contribution in [2.45, 2.75) is 34.6 Å². The van der Waals surface area contributed by atoms with E-state index >= 15 is 0 Å². The summed E-state index contributed by atoms with van der Waals surface area (Å²) in [7, 11) is 0. The molecule has 0 unspecified atom stereocenters. The van der Waals surface area contributed by atoms with Gasteiger partial charge in [0.25, 0.3) is 0 Å². The molecule has 0 bridgehead atoms. The monoisotopic (exact) mass is 155 g/mol. The highest BCUT2D eigenvalue weighted by Gasteiger charge is 2.03. The zero-order valence-corrected chi connectivity index (χ0v) is 7.97. The molecule has 0 amide bonds. The van der Waals surface area contributed by atoms with E-state index in [2.05, 4.69) is 4.99 Å². The summed E-state index contributed by atoms with van der Waals surface area (Å²) in [6, 6.07) is 0. The molecule has 0 aromatic carbocycles. The van der Waals surface area contributed by atoms with Gasteiger partial charge in [0.1, 0.15) is 5.76 Å². The van der Waals surface area contributed by atoms with E-state index in [4.69, 9.17) is 0 Å². The molecule has 0 radical (unpaired) electrons. The first-order chi connectivity index (χ1) is 4.95. The second-order valence-corrected chi connectivity index (χ2v) is 3.18.